The molecule has 2 rings (SSSR count). The van der Waals surface area contributed by atoms with Gasteiger partial charge in [-0.15, -0.1) is 0 Å². The van der Waals surface area contributed by atoms with Gasteiger partial charge in [-0.2, -0.15) is 0 Å². The summed E-state index contributed by atoms with van der Waals surface area (Å²) in [5.74, 6) is 0.0858. The molecule has 0 bridgehead atoms. The third-order valence-corrected chi connectivity index (χ3v) is 4.06. The zero-order valence-electron chi connectivity index (χ0n) is 11.0. The van der Waals surface area contributed by atoms with Gasteiger partial charge in [-0.1, -0.05) is 65.3 Å². The van der Waals surface area contributed by atoms with E-state index in [0.717, 1.165) is 22.7 Å². The number of benzene rings is 2. The summed E-state index contributed by atoms with van der Waals surface area (Å²) in [5.41, 5.74) is 1.08. The topological polar surface area (TPSA) is 29.1 Å². The molecule has 0 fully saturated rings. The van der Waals surface area contributed by atoms with E-state index >= 15 is 0 Å². The molecule has 2 nitrogen and oxygen atoms in total. The molecule has 2 aromatic carbocycles. The maximum atomic E-state index is 12.1. The van der Waals surface area contributed by atoms with Crippen molar-refractivity contribution in [3.05, 3.63) is 48.0 Å². The molecular weight excluding hydrogens is 302 g/mol. The second-order valence-corrected chi connectivity index (χ2v) is 5.29. The van der Waals surface area contributed by atoms with Crippen LogP contribution in [0.1, 0.15) is 18.9 Å². The quantitative estimate of drug-likeness (QED) is 0.837. The standard InChI is InChI=1S/C16H18BrNO/c1-2-14(11-17)18-16(19)10-13-8-5-7-12-6-3-4-9-15(12)13/h3-9,14H,2,10-11H2,1H3,(H,18,19). The molecule has 1 N–H and O–H groups in total. The summed E-state index contributed by atoms with van der Waals surface area (Å²) >= 11 is 3.42. The van der Waals surface area contributed by atoms with Gasteiger partial charge < -0.3 is 5.32 Å². The van der Waals surface area contributed by atoms with Crippen molar-refractivity contribution in [2.75, 3.05) is 5.33 Å². The highest BCUT2D eigenvalue weighted by Gasteiger charge is 2.10. The minimum absolute atomic E-state index is 0.0858. The maximum Gasteiger partial charge on any atom is 0.224 e. The second kappa shape index (κ2) is 6.71. The average Bonchev–Trinajstić information content (AvgIpc) is 2.45. The molecule has 0 aliphatic rings. The number of carbonyl (C=O) groups is 1. The molecule has 0 saturated carbocycles. The van der Waals surface area contributed by atoms with Crippen molar-refractivity contribution in [3.8, 4) is 0 Å². The SMILES string of the molecule is CCC(CBr)NC(=O)Cc1cccc2ccccc12. The molecule has 1 atom stereocenters. The maximum absolute atomic E-state index is 12.1. The third-order valence-electron chi connectivity index (χ3n) is 3.28. The molecule has 0 aromatic heterocycles. The fourth-order valence-electron chi connectivity index (χ4n) is 2.15. The van der Waals surface area contributed by atoms with Crippen LogP contribution in [0.3, 0.4) is 0 Å². The third kappa shape index (κ3) is 3.57. The van der Waals surface area contributed by atoms with Crippen molar-refractivity contribution >= 4 is 32.6 Å². The molecular formula is C16H18BrNO. The number of amides is 1. The summed E-state index contributed by atoms with van der Waals surface area (Å²) in [4.78, 5) is 12.1. The van der Waals surface area contributed by atoms with Crippen LogP contribution in [0.15, 0.2) is 42.5 Å². The molecule has 1 unspecified atom stereocenters. The zero-order valence-corrected chi connectivity index (χ0v) is 12.6. The summed E-state index contributed by atoms with van der Waals surface area (Å²) < 4.78 is 0. The number of carbonyl (C=O) groups excluding carboxylic acids is 1. The van der Waals surface area contributed by atoms with E-state index in [1.165, 1.54) is 5.39 Å². The van der Waals surface area contributed by atoms with Crippen molar-refractivity contribution < 1.29 is 4.79 Å². The Morgan fingerprint density at radius 1 is 1.21 bits per heavy atom. The van der Waals surface area contributed by atoms with Gasteiger partial charge in [-0.05, 0) is 22.8 Å². The summed E-state index contributed by atoms with van der Waals surface area (Å²) in [5, 5.41) is 6.18. The number of alkyl halides is 1. The summed E-state index contributed by atoms with van der Waals surface area (Å²) in [6.07, 6.45) is 1.37. The van der Waals surface area contributed by atoms with Gasteiger partial charge in [0, 0.05) is 11.4 Å². The van der Waals surface area contributed by atoms with Gasteiger partial charge in [0.1, 0.15) is 0 Å². The lowest BCUT2D eigenvalue weighted by Gasteiger charge is -2.14. The Balaban J connectivity index is 2.15. The smallest absolute Gasteiger partial charge is 0.224 e. The van der Waals surface area contributed by atoms with E-state index in [4.69, 9.17) is 0 Å². The fraction of sp³-hybridized carbons (Fsp3) is 0.312. The first kappa shape index (κ1) is 14.1. The van der Waals surface area contributed by atoms with Gasteiger partial charge in [0.15, 0.2) is 0 Å². The van der Waals surface area contributed by atoms with Crippen LogP contribution in [0.4, 0.5) is 0 Å². The van der Waals surface area contributed by atoms with Crippen LogP contribution in [-0.2, 0) is 11.2 Å². The monoisotopic (exact) mass is 319 g/mol. The van der Waals surface area contributed by atoms with Crippen molar-refractivity contribution in [2.45, 2.75) is 25.8 Å². The predicted molar refractivity (Wildman–Crippen MR) is 83.7 cm³/mol. The highest BCUT2D eigenvalue weighted by molar-refractivity contribution is 9.09. The number of halogens is 1. The average molecular weight is 320 g/mol. The van der Waals surface area contributed by atoms with Crippen LogP contribution >= 0.6 is 15.9 Å². The van der Waals surface area contributed by atoms with Gasteiger partial charge in [0.05, 0.1) is 6.42 Å². The minimum atomic E-state index is 0.0858. The first-order chi connectivity index (χ1) is 9.24. The number of nitrogens with one attached hydrogen (secondary N) is 1. The van der Waals surface area contributed by atoms with E-state index in [1.54, 1.807) is 0 Å². The van der Waals surface area contributed by atoms with Crippen molar-refractivity contribution in [3.63, 3.8) is 0 Å². The normalized spacial score (nSPS) is 12.3. The van der Waals surface area contributed by atoms with Crippen molar-refractivity contribution in [1.82, 2.24) is 5.32 Å². The van der Waals surface area contributed by atoms with Crippen LogP contribution in [0.5, 0.6) is 0 Å². The molecule has 0 radical (unpaired) electrons. The highest BCUT2D eigenvalue weighted by Crippen LogP contribution is 2.18. The Kier molecular flexibility index (Phi) is 4.97. The van der Waals surface area contributed by atoms with Crippen LogP contribution in [-0.4, -0.2) is 17.3 Å². The summed E-state index contributed by atoms with van der Waals surface area (Å²) in [6.45, 7) is 2.07. The number of fused-ring (bicyclic) bond motifs is 1. The molecule has 100 valence electrons. The minimum Gasteiger partial charge on any atom is -0.352 e. The van der Waals surface area contributed by atoms with Crippen LogP contribution < -0.4 is 5.32 Å². The van der Waals surface area contributed by atoms with E-state index < -0.39 is 0 Å². The molecule has 0 heterocycles. The lowest BCUT2D eigenvalue weighted by molar-refractivity contribution is -0.121. The van der Waals surface area contributed by atoms with Gasteiger partial charge in [0.2, 0.25) is 5.91 Å². The van der Waals surface area contributed by atoms with E-state index in [-0.39, 0.29) is 11.9 Å². The van der Waals surface area contributed by atoms with E-state index in [2.05, 4.69) is 46.4 Å². The molecule has 0 saturated heterocycles. The molecule has 19 heavy (non-hydrogen) atoms. The molecule has 0 spiro atoms. The molecule has 0 aliphatic carbocycles. The molecule has 1 amide bonds. The van der Waals surface area contributed by atoms with Crippen molar-refractivity contribution in [2.24, 2.45) is 0 Å². The Labute approximate surface area is 122 Å². The first-order valence-corrected chi connectivity index (χ1v) is 7.68. The van der Waals surface area contributed by atoms with Gasteiger partial charge in [0.25, 0.3) is 0 Å². The van der Waals surface area contributed by atoms with Crippen LogP contribution in [0.2, 0.25) is 0 Å². The van der Waals surface area contributed by atoms with Crippen LogP contribution in [0, 0.1) is 0 Å². The molecule has 0 aliphatic heterocycles. The number of hydrogen-bond acceptors (Lipinski definition) is 1. The lowest BCUT2D eigenvalue weighted by Crippen LogP contribution is -2.36. The summed E-state index contributed by atoms with van der Waals surface area (Å²) in [7, 11) is 0. The Hall–Kier alpha value is -1.35. The lowest BCUT2D eigenvalue weighted by atomic mass is 10.0. The van der Waals surface area contributed by atoms with Gasteiger partial charge in [-0.3, -0.25) is 4.79 Å². The summed E-state index contributed by atoms with van der Waals surface area (Å²) in [6, 6.07) is 14.5. The molecule has 2 aromatic rings. The first-order valence-electron chi connectivity index (χ1n) is 6.56. The Bertz CT molecular complexity index is 558. The number of rotatable bonds is 5. The van der Waals surface area contributed by atoms with Gasteiger partial charge in [-0.25, -0.2) is 0 Å². The van der Waals surface area contributed by atoms with E-state index in [0.29, 0.717) is 6.42 Å². The zero-order chi connectivity index (χ0) is 13.7. The largest absolute Gasteiger partial charge is 0.352 e. The Morgan fingerprint density at radius 3 is 2.68 bits per heavy atom. The van der Waals surface area contributed by atoms with Crippen LogP contribution in [0.25, 0.3) is 10.8 Å². The van der Waals surface area contributed by atoms with Crippen molar-refractivity contribution in [1.29, 1.82) is 0 Å². The fourth-order valence-corrected chi connectivity index (χ4v) is 2.77. The van der Waals surface area contributed by atoms with E-state index in [9.17, 15) is 4.79 Å². The number of hydrogen-bond donors (Lipinski definition) is 1. The molecule has 3 heteroatoms. The van der Waals surface area contributed by atoms with E-state index in [1.807, 2.05) is 24.3 Å². The Morgan fingerprint density at radius 2 is 1.95 bits per heavy atom. The predicted octanol–water partition coefficient (Wildman–Crippen LogP) is 3.67. The second-order valence-electron chi connectivity index (χ2n) is 4.64. The van der Waals surface area contributed by atoms with Gasteiger partial charge >= 0.3 is 0 Å². The highest BCUT2D eigenvalue weighted by atomic mass is 79.9.